The van der Waals surface area contributed by atoms with Crippen molar-refractivity contribution < 1.29 is 4.42 Å². The van der Waals surface area contributed by atoms with Crippen molar-refractivity contribution in [3.05, 3.63) is 198 Å². The number of aryl methyl sites for hydroxylation is 1. The number of thiophene rings is 1. The lowest BCUT2D eigenvalue weighted by Gasteiger charge is -2.51. The second-order valence-corrected chi connectivity index (χ2v) is 30.6. The van der Waals surface area contributed by atoms with Gasteiger partial charge in [0, 0.05) is 81.9 Å². The van der Waals surface area contributed by atoms with Gasteiger partial charge >= 0.3 is 0 Å². The van der Waals surface area contributed by atoms with Crippen LogP contribution in [0.5, 0.6) is 0 Å². The summed E-state index contributed by atoms with van der Waals surface area (Å²) in [4.78, 5) is 11.0. The number of furan rings is 1. The van der Waals surface area contributed by atoms with Crippen LogP contribution in [0.25, 0.3) is 42.1 Å². The van der Waals surface area contributed by atoms with Gasteiger partial charge in [-0.15, -0.1) is 11.3 Å². The third-order valence-corrected chi connectivity index (χ3v) is 24.0. The maximum absolute atomic E-state index is 6.81. The van der Waals surface area contributed by atoms with Gasteiger partial charge in [-0.25, -0.2) is 0 Å². The minimum absolute atomic E-state index is 0.0131. The number of anilines is 10. The smallest absolute Gasteiger partial charge is 0.252 e. The monoisotopic (exact) mass is 1140 g/mol. The lowest BCUT2D eigenvalue weighted by Crippen LogP contribution is -2.61. The van der Waals surface area contributed by atoms with Gasteiger partial charge in [-0.2, -0.15) is 0 Å². The molecule has 0 amide bonds. The highest BCUT2D eigenvalue weighted by Gasteiger charge is 2.60. The molecule has 0 radical (unpaired) electrons. The first kappa shape index (κ1) is 52.6. The zero-order chi connectivity index (χ0) is 58.8. The van der Waals surface area contributed by atoms with E-state index < -0.39 is 0 Å². The Labute approximate surface area is 512 Å². The number of fused-ring (bicyclic) bond motifs is 16. The third-order valence-electron chi connectivity index (χ3n) is 22.9. The lowest BCUT2D eigenvalue weighted by molar-refractivity contribution is 0.195. The molecule has 9 aromatic carbocycles. The molecular formula is C79H77BN4OS. The minimum atomic E-state index is -0.130. The largest absolute Gasteiger partial charge is 0.456 e. The fourth-order valence-electron chi connectivity index (χ4n) is 18.0. The van der Waals surface area contributed by atoms with E-state index >= 15 is 0 Å². The van der Waals surface area contributed by atoms with Gasteiger partial charge in [0.05, 0.1) is 27.8 Å². The van der Waals surface area contributed by atoms with E-state index in [2.05, 4.69) is 266 Å². The van der Waals surface area contributed by atoms with Crippen molar-refractivity contribution in [3.8, 4) is 0 Å². The van der Waals surface area contributed by atoms with Crippen molar-refractivity contribution in [2.24, 2.45) is 0 Å². The number of para-hydroxylation sites is 1. The Hall–Kier alpha value is -7.74. The molecule has 0 spiro atoms. The van der Waals surface area contributed by atoms with Crippen molar-refractivity contribution in [1.82, 2.24) is 0 Å². The molecule has 6 aliphatic rings. The summed E-state index contributed by atoms with van der Waals surface area (Å²) in [5, 5.41) is 4.88. The Balaban J connectivity index is 0.956. The lowest BCUT2D eigenvalue weighted by atomic mass is 9.33. The second kappa shape index (κ2) is 17.7. The van der Waals surface area contributed by atoms with Gasteiger partial charge in [0.25, 0.3) is 6.71 Å². The van der Waals surface area contributed by atoms with Crippen LogP contribution in [0.15, 0.2) is 174 Å². The average Bonchev–Trinajstić information content (AvgIpc) is 1.27. The number of hydrogen-bond donors (Lipinski definition) is 0. The van der Waals surface area contributed by atoms with Gasteiger partial charge in [-0.3, -0.25) is 0 Å². The fourth-order valence-corrected chi connectivity index (χ4v) is 19.1. The molecule has 6 heterocycles. The molecule has 11 aromatic rings. The molecule has 5 nitrogen and oxygen atoms in total. The van der Waals surface area contributed by atoms with Crippen LogP contribution in [0.1, 0.15) is 148 Å². The first-order chi connectivity index (χ1) is 41.3. The molecule has 2 saturated carbocycles. The number of benzene rings is 9. The summed E-state index contributed by atoms with van der Waals surface area (Å²) in [6, 6.07) is 66.8. The maximum atomic E-state index is 6.81. The van der Waals surface area contributed by atoms with E-state index in [9.17, 15) is 0 Å². The van der Waals surface area contributed by atoms with Gasteiger partial charge < -0.3 is 24.0 Å². The molecule has 2 aromatic heterocycles. The van der Waals surface area contributed by atoms with Gasteiger partial charge in [-0.05, 0) is 186 Å². The first-order valence-electron chi connectivity index (χ1n) is 32.0. The van der Waals surface area contributed by atoms with E-state index in [1.54, 1.807) is 0 Å². The third kappa shape index (κ3) is 6.90. The summed E-state index contributed by atoms with van der Waals surface area (Å²) in [5.41, 5.74) is 25.2. The highest BCUT2D eigenvalue weighted by Crippen LogP contribution is 2.64. The fraction of sp³-hybridized carbons (Fsp3) is 0.316. The van der Waals surface area contributed by atoms with Crippen LogP contribution >= 0.6 is 11.3 Å². The molecule has 4 unspecified atom stereocenters. The van der Waals surface area contributed by atoms with Crippen LogP contribution in [-0.2, 0) is 21.7 Å². The molecule has 2 aliphatic carbocycles. The highest BCUT2D eigenvalue weighted by molar-refractivity contribution is 7.26. The molecule has 0 bridgehead atoms. The Morgan fingerprint density at radius 3 is 1.49 bits per heavy atom. The van der Waals surface area contributed by atoms with E-state index in [4.69, 9.17) is 4.42 Å². The zero-order valence-corrected chi connectivity index (χ0v) is 52.8. The molecule has 4 aliphatic heterocycles. The molecule has 7 heteroatoms. The Bertz CT molecular complexity index is 4440. The summed E-state index contributed by atoms with van der Waals surface area (Å²) in [6.07, 6.45) is 9.56. The van der Waals surface area contributed by atoms with Crippen LogP contribution < -0.4 is 36.0 Å². The predicted molar refractivity (Wildman–Crippen MR) is 368 cm³/mol. The molecular weight excluding hydrogens is 1060 g/mol. The van der Waals surface area contributed by atoms with Gasteiger partial charge in [0.1, 0.15) is 11.2 Å². The molecule has 2 fully saturated rings. The van der Waals surface area contributed by atoms with Crippen molar-refractivity contribution in [3.63, 3.8) is 0 Å². The summed E-state index contributed by atoms with van der Waals surface area (Å²) in [7, 11) is 0. The molecule has 428 valence electrons. The van der Waals surface area contributed by atoms with Gasteiger partial charge in [0.2, 0.25) is 0 Å². The Kier molecular flexibility index (Phi) is 10.8. The Morgan fingerprint density at radius 2 is 0.919 bits per heavy atom. The van der Waals surface area contributed by atoms with Crippen LogP contribution in [-0.4, -0.2) is 17.8 Å². The van der Waals surface area contributed by atoms with Crippen molar-refractivity contribution in [2.45, 2.75) is 160 Å². The van der Waals surface area contributed by atoms with Crippen molar-refractivity contribution >= 4 is 133 Å². The van der Waals surface area contributed by atoms with Crippen molar-refractivity contribution in [2.75, 3.05) is 19.6 Å². The van der Waals surface area contributed by atoms with E-state index in [-0.39, 0.29) is 39.5 Å². The first-order valence-corrected chi connectivity index (χ1v) is 32.8. The molecule has 4 atom stereocenters. The van der Waals surface area contributed by atoms with Crippen LogP contribution in [0, 0.1) is 6.92 Å². The van der Waals surface area contributed by atoms with E-state index in [0.29, 0.717) is 0 Å². The number of rotatable bonds is 4. The predicted octanol–water partition coefficient (Wildman–Crippen LogP) is 20.4. The standard InChI is InChI=1S/C79H77BN4OS/c1-48-42-65-73-66(43-48)82(62-25-21-29-70-72(62)54-23-13-15-28-69(54)86-70)64-47-52(84-60-37-31-50(75(5,6)7)45-56(60)77(9)39-17-19-41-79(77,84)11)33-35-58(64)80(73)57-34-32-51(46-63(57)81(65)61-24-20-27-68-71(61)53-22-12-14-26-67(53)85-68)83-59-36-30-49(74(2,3)4)44-55(59)76(8)38-16-18-40-78(76,83)10/h12-15,20-37,42-47H,16-19,38-41H2,1-11H3. The van der Waals surface area contributed by atoms with Crippen LogP contribution in [0.4, 0.5) is 56.9 Å². The maximum Gasteiger partial charge on any atom is 0.252 e. The molecule has 0 N–H and O–H groups in total. The summed E-state index contributed by atoms with van der Waals surface area (Å²) < 4.78 is 9.42. The summed E-state index contributed by atoms with van der Waals surface area (Å²) in [6.45, 7) is 26.8. The minimum Gasteiger partial charge on any atom is -0.456 e. The van der Waals surface area contributed by atoms with Crippen LogP contribution in [0.3, 0.4) is 0 Å². The Morgan fingerprint density at radius 1 is 0.430 bits per heavy atom. The van der Waals surface area contributed by atoms with Gasteiger partial charge in [0.15, 0.2) is 0 Å². The van der Waals surface area contributed by atoms with Crippen molar-refractivity contribution in [1.29, 1.82) is 0 Å². The summed E-state index contributed by atoms with van der Waals surface area (Å²) in [5.74, 6) is 0. The van der Waals surface area contributed by atoms with Crippen LogP contribution in [0.2, 0.25) is 0 Å². The second-order valence-electron chi connectivity index (χ2n) is 29.6. The topological polar surface area (TPSA) is 26.1 Å². The van der Waals surface area contributed by atoms with E-state index in [1.807, 2.05) is 11.3 Å². The summed E-state index contributed by atoms with van der Waals surface area (Å²) >= 11 is 1.91. The number of hydrogen-bond acceptors (Lipinski definition) is 6. The van der Waals surface area contributed by atoms with E-state index in [1.165, 1.54) is 154 Å². The molecule has 17 rings (SSSR count). The normalized spacial score (nSPS) is 23.0. The highest BCUT2D eigenvalue weighted by atomic mass is 32.1. The zero-order valence-electron chi connectivity index (χ0n) is 52.0. The SMILES string of the molecule is Cc1cc2c3c(c1)N(c1cccc4sc5ccccc5c14)c1cc(N4c5ccc(C(C)(C)C)cc5C5(C)CCCCC45C)ccc1B3c1ccc(N3c4ccc(C(C)(C)C)cc4C4(C)CCCCC34C)cc1N2c1cccc2oc3ccccc3c12. The van der Waals surface area contributed by atoms with Gasteiger partial charge in [-0.1, -0.05) is 166 Å². The number of nitrogens with zero attached hydrogens (tertiary/aromatic N) is 4. The molecule has 86 heavy (non-hydrogen) atoms. The molecule has 0 saturated heterocycles. The van der Waals surface area contributed by atoms with E-state index in [0.717, 1.165) is 40.5 Å². The average molecular weight is 1140 g/mol. The quantitative estimate of drug-likeness (QED) is 0.164.